The molecule has 0 saturated carbocycles. The topological polar surface area (TPSA) is 151 Å². The highest BCUT2D eigenvalue weighted by molar-refractivity contribution is 6.01. The first-order valence-electron chi connectivity index (χ1n) is 10.2. The fourth-order valence-corrected chi connectivity index (χ4v) is 2.78. The second-order valence-electron chi connectivity index (χ2n) is 7.12. The van der Waals surface area contributed by atoms with Gasteiger partial charge in [0, 0.05) is 50.9 Å². The van der Waals surface area contributed by atoms with Crippen LogP contribution >= 0.6 is 0 Å². The molecule has 1 aromatic carbocycles. The second-order valence-corrected chi connectivity index (χ2v) is 7.12. The van der Waals surface area contributed by atoms with Gasteiger partial charge in [-0.25, -0.2) is 4.79 Å². The van der Waals surface area contributed by atoms with Crippen molar-refractivity contribution in [2.75, 3.05) is 19.6 Å². The van der Waals surface area contributed by atoms with Crippen molar-refractivity contribution in [3.05, 3.63) is 35.4 Å². The summed E-state index contributed by atoms with van der Waals surface area (Å²) < 4.78 is 0. The van der Waals surface area contributed by atoms with Crippen LogP contribution in [0.2, 0.25) is 0 Å². The van der Waals surface area contributed by atoms with E-state index in [9.17, 15) is 28.8 Å². The van der Waals surface area contributed by atoms with Gasteiger partial charge in [0.2, 0.25) is 11.8 Å². The first kappa shape index (κ1) is 24.5. The minimum absolute atomic E-state index is 0.000461. The highest BCUT2D eigenvalue weighted by Gasteiger charge is 2.32. The predicted octanol–water partition coefficient (Wildman–Crippen LogP) is -0.265. The summed E-state index contributed by atoms with van der Waals surface area (Å²) in [4.78, 5) is 74.6. The van der Waals surface area contributed by atoms with Crippen molar-refractivity contribution in [2.45, 2.75) is 39.0 Å². The van der Waals surface area contributed by atoms with E-state index in [0.29, 0.717) is 10.6 Å². The fraction of sp³-hybridized carbons (Fsp3) is 0.429. The number of rotatable bonds is 11. The maximum Gasteiger partial charge on any atom is 0.334 e. The van der Waals surface area contributed by atoms with E-state index in [4.69, 9.17) is 0 Å². The van der Waals surface area contributed by atoms with Crippen molar-refractivity contribution in [1.82, 2.24) is 21.0 Å². The molecule has 0 unspecified atom stereocenters. The van der Waals surface area contributed by atoms with E-state index in [2.05, 4.69) is 20.8 Å². The van der Waals surface area contributed by atoms with Crippen LogP contribution in [-0.4, -0.2) is 60.2 Å². The normalized spacial score (nSPS) is 13.0. The van der Waals surface area contributed by atoms with Crippen molar-refractivity contribution in [3.63, 3.8) is 0 Å². The minimum atomic E-state index is -0.810. The Labute approximate surface area is 184 Å². The van der Waals surface area contributed by atoms with Crippen LogP contribution < -0.4 is 16.0 Å². The van der Waals surface area contributed by atoms with Crippen LogP contribution in [0.1, 0.15) is 48.0 Å². The Morgan fingerprint density at radius 1 is 0.875 bits per heavy atom. The summed E-state index contributed by atoms with van der Waals surface area (Å²) in [7, 11) is 0. The van der Waals surface area contributed by atoms with Crippen LogP contribution in [0.5, 0.6) is 0 Å². The molecule has 0 spiro atoms. The first-order valence-corrected chi connectivity index (χ1v) is 10.2. The van der Waals surface area contributed by atoms with E-state index in [1.165, 1.54) is 0 Å². The molecule has 3 N–H and O–H groups in total. The van der Waals surface area contributed by atoms with Gasteiger partial charge in [0.25, 0.3) is 17.7 Å². The Kier molecular flexibility index (Phi) is 9.33. The van der Waals surface area contributed by atoms with Gasteiger partial charge in [0.15, 0.2) is 0 Å². The monoisotopic (exact) mass is 446 g/mol. The highest BCUT2D eigenvalue weighted by atomic mass is 16.7. The highest BCUT2D eigenvalue weighted by Crippen LogP contribution is 2.12. The second kappa shape index (κ2) is 12.2. The molecule has 11 nitrogen and oxygen atoms in total. The zero-order valence-corrected chi connectivity index (χ0v) is 17.8. The van der Waals surface area contributed by atoms with Gasteiger partial charge < -0.3 is 20.8 Å². The quantitative estimate of drug-likeness (QED) is 0.396. The molecular weight excluding hydrogens is 420 g/mol. The molecule has 0 aliphatic carbocycles. The molecule has 0 bridgehead atoms. The number of aryl methyl sites for hydroxylation is 1. The third-order valence-corrected chi connectivity index (χ3v) is 4.44. The molecule has 172 valence electrons. The van der Waals surface area contributed by atoms with E-state index in [0.717, 1.165) is 5.56 Å². The van der Waals surface area contributed by atoms with Crippen molar-refractivity contribution in [3.8, 4) is 0 Å². The van der Waals surface area contributed by atoms with Gasteiger partial charge in [-0.2, -0.15) is 0 Å². The minimum Gasteiger partial charge on any atom is -0.356 e. The van der Waals surface area contributed by atoms with Crippen molar-refractivity contribution in [2.24, 2.45) is 0 Å². The number of imide groups is 1. The SMILES string of the molecule is Cc1cccc(C(=O)NCCC(=O)NCCC(=O)NCCC(=O)ON2C(=O)CCC2=O)c1. The number of carbonyl (C=O) groups excluding carboxylic acids is 6. The van der Waals surface area contributed by atoms with Crippen LogP contribution in [0.25, 0.3) is 0 Å². The Hall–Kier alpha value is -3.76. The molecule has 32 heavy (non-hydrogen) atoms. The molecule has 0 radical (unpaired) electrons. The summed E-state index contributed by atoms with van der Waals surface area (Å²) in [6, 6.07) is 7.09. The summed E-state index contributed by atoms with van der Waals surface area (Å²) >= 11 is 0. The summed E-state index contributed by atoms with van der Waals surface area (Å²) in [5.74, 6) is -2.92. The van der Waals surface area contributed by atoms with Gasteiger partial charge in [0.05, 0.1) is 6.42 Å². The zero-order valence-electron chi connectivity index (χ0n) is 17.8. The van der Waals surface area contributed by atoms with Gasteiger partial charge in [-0.05, 0) is 19.1 Å². The van der Waals surface area contributed by atoms with Crippen LogP contribution in [0.4, 0.5) is 0 Å². The smallest absolute Gasteiger partial charge is 0.334 e. The molecule has 0 atom stereocenters. The molecule has 1 saturated heterocycles. The van der Waals surface area contributed by atoms with Crippen LogP contribution in [0, 0.1) is 6.92 Å². The van der Waals surface area contributed by atoms with E-state index in [1.807, 2.05) is 13.0 Å². The molecule has 1 heterocycles. The largest absolute Gasteiger partial charge is 0.356 e. The number of hydrogen-bond donors (Lipinski definition) is 3. The van der Waals surface area contributed by atoms with Crippen molar-refractivity contribution >= 4 is 35.5 Å². The average molecular weight is 446 g/mol. The van der Waals surface area contributed by atoms with Gasteiger partial charge in [-0.3, -0.25) is 24.0 Å². The summed E-state index contributed by atoms with van der Waals surface area (Å²) in [6.45, 7) is 2.10. The molecule has 1 aliphatic heterocycles. The van der Waals surface area contributed by atoms with E-state index < -0.39 is 17.8 Å². The molecule has 5 amide bonds. The Morgan fingerprint density at radius 2 is 1.44 bits per heavy atom. The summed E-state index contributed by atoms with van der Waals surface area (Å²) in [6.07, 6.45) is -0.129. The number of amides is 5. The molecule has 1 aliphatic rings. The van der Waals surface area contributed by atoms with Crippen molar-refractivity contribution in [1.29, 1.82) is 0 Å². The predicted molar refractivity (Wildman–Crippen MR) is 111 cm³/mol. The van der Waals surface area contributed by atoms with Gasteiger partial charge in [-0.1, -0.05) is 17.7 Å². The third-order valence-electron chi connectivity index (χ3n) is 4.44. The van der Waals surface area contributed by atoms with E-state index >= 15 is 0 Å². The van der Waals surface area contributed by atoms with Crippen molar-refractivity contribution < 1.29 is 33.6 Å². The summed E-state index contributed by atoms with van der Waals surface area (Å²) in [5, 5.41) is 8.15. The van der Waals surface area contributed by atoms with Gasteiger partial charge >= 0.3 is 5.97 Å². The standard InChI is InChI=1S/C21H26N4O7/c1-14-3-2-4-15(13-14)21(31)24-11-8-17(27)22-10-7-16(26)23-12-9-20(30)32-25-18(28)5-6-19(25)29/h2-4,13H,5-12H2,1H3,(H,22,27)(H,23,26)(H,24,31). The van der Waals surface area contributed by atoms with Crippen LogP contribution in [-0.2, 0) is 28.8 Å². The third kappa shape index (κ3) is 8.17. The molecular formula is C21H26N4O7. The first-order chi connectivity index (χ1) is 15.3. The molecule has 0 aromatic heterocycles. The lowest BCUT2D eigenvalue weighted by atomic mass is 10.1. The Balaban J connectivity index is 1.52. The molecule has 11 heteroatoms. The lowest BCUT2D eigenvalue weighted by molar-refractivity contribution is -0.197. The Bertz CT molecular complexity index is 884. The lowest BCUT2D eigenvalue weighted by Crippen LogP contribution is -2.35. The van der Waals surface area contributed by atoms with Crippen LogP contribution in [0.3, 0.4) is 0 Å². The van der Waals surface area contributed by atoms with Gasteiger partial charge in [0.1, 0.15) is 0 Å². The Morgan fingerprint density at radius 3 is 2.03 bits per heavy atom. The number of carbonyl (C=O) groups is 6. The molecule has 1 fully saturated rings. The van der Waals surface area contributed by atoms with Crippen LogP contribution in [0.15, 0.2) is 24.3 Å². The zero-order chi connectivity index (χ0) is 23.5. The maximum absolute atomic E-state index is 12.0. The average Bonchev–Trinajstić information content (AvgIpc) is 3.05. The molecule has 2 rings (SSSR count). The number of nitrogens with zero attached hydrogens (tertiary/aromatic N) is 1. The number of hydroxylamine groups is 2. The van der Waals surface area contributed by atoms with Gasteiger partial charge in [-0.15, -0.1) is 5.06 Å². The number of benzene rings is 1. The van der Waals surface area contributed by atoms with E-state index in [1.54, 1.807) is 18.2 Å². The lowest BCUT2D eigenvalue weighted by Gasteiger charge is -2.12. The van der Waals surface area contributed by atoms with E-state index in [-0.39, 0.29) is 69.5 Å². The number of nitrogens with one attached hydrogen (secondary N) is 3. The summed E-state index contributed by atoms with van der Waals surface area (Å²) in [5.41, 5.74) is 1.48. The fourth-order valence-electron chi connectivity index (χ4n) is 2.78. The maximum atomic E-state index is 12.0. The molecule has 1 aromatic rings. The number of hydrogen-bond acceptors (Lipinski definition) is 7.